The van der Waals surface area contributed by atoms with Crippen LogP contribution in [-0.4, -0.2) is 41.4 Å². The van der Waals surface area contributed by atoms with E-state index in [2.05, 4.69) is 5.32 Å². The predicted octanol–water partition coefficient (Wildman–Crippen LogP) is 1.83. The van der Waals surface area contributed by atoms with E-state index in [9.17, 15) is 9.59 Å². The number of piperidine rings is 1. The lowest BCUT2D eigenvalue weighted by molar-refractivity contribution is -0.142. The molecule has 0 aliphatic carbocycles. The van der Waals surface area contributed by atoms with Crippen LogP contribution in [0.1, 0.15) is 59.3 Å². The molecular weight excluding hydrogens is 290 g/mol. The molecule has 0 radical (unpaired) electrons. The summed E-state index contributed by atoms with van der Waals surface area (Å²) in [6.07, 6.45) is 4.85. The minimum absolute atomic E-state index is 0. The molecule has 1 atom stereocenters. The molecule has 0 aromatic carbocycles. The summed E-state index contributed by atoms with van der Waals surface area (Å²) in [5, 5.41) is 2.95. The molecule has 1 unspecified atom stereocenters. The average Bonchev–Trinajstić information content (AvgIpc) is 2.51. The number of halogens is 1. The number of nitrogens with zero attached hydrogens (tertiary/aromatic N) is 1. The summed E-state index contributed by atoms with van der Waals surface area (Å²) in [7, 11) is 0. The fourth-order valence-electron chi connectivity index (χ4n) is 2.59. The van der Waals surface area contributed by atoms with E-state index in [4.69, 9.17) is 5.73 Å². The van der Waals surface area contributed by atoms with Gasteiger partial charge in [0.2, 0.25) is 11.8 Å². The van der Waals surface area contributed by atoms with Gasteiger partial charge in [0.15, 0.2) is 0 Å². The van der Waals surface area contributed by atoms with Crippen LogP contribution in [0.2, 0.25) is 0 Å². The smallest absolute Gasteiger partial charge is 0.242 e. The highest BCUT2D eigenvalue weighted by molar-refractivity contribution is 5.87. The van der Waals surface area contributed by atoms with Gasteiger partial charge in [-0.15, -0.1) is 12.4 Å². The number of nitrogens with one attached hydrogen (secondary N) is 1. The van der Waals surface area contributed by atoms with E-state index in [1.54, 1.807) is 4.90 Å². The third kappa shape index (κ3) is 5.47. The van der Waals surface area contributed by atoms with Crippen molar-refractivity contribution in [3.05, 3.63) is 0 Å². The molecule has 6 heteroatoms. The molecule has 21 heavy (non-hydrogen) atoms. The second-order valence-corrected chi connectivity index (χ2v) is 5.74. The summed E-state index contributed by atoms with van der Waals surface area (Å²) in [5.41, 5.74) is 5.86. The number of amides is 2. The Morgan fingerprint density at radius 3 is 2.38 bits per heavy atom. The Balaban J connectivity index is 0.00000400. The van der Waals surface area contributed by atoms with Crippen LogP contribution in [-0.2, 0) is 9.59 Å². The Morgan fingerprint density at radius 1 is 1.24 bits per heavy atom. The second kappa shape index (κ2) is 9.26. The van der Waals surface area contributed by atoms with Gasteiger partial charge in [-0.1, -0.05) is 20.8 Å². The topological polar surface area (TPSA) is 75.4 Å². The molecule has 2 amide bonds. The van der Waals surface area contributed by atoms with Crippen molar-refractivity contribution in [3.8, 4) is 0 Å². The normalized spacial score (nSPS) is 18.9. The van der Waals surface area contributed by atoms with E-state index in [1.165, 1.54) is 0 Å². The van der Waals surface area contributed by atoms with E-state index < -0.39 is 0 Å². The Bertz CT molecular complexity index is 346. The number of carbonyl (C=O) groups excluding carboxylic acids is 2. The number of hydrogen-bond acceptors (Lipinski definition) is 3. The Labute approximate surface area is 134 Å². The van der Waals surface area contributed by atoms with Gasteiger partial charge in [-0.05, 0) is 32.1 Å². The number of rotatable bonds is 6. The molecule has 0 saturated carbocycles. The van der Waals surface area contributed by atoms with Gasteiger partial charge < -0.3 is 16.0 Å². The van der Waals surface area contributed by atoms with E-state index in [0.29, 0.717) is 19.5 Å². The molecule has 1 rings (SSSR count). The summed E-state index contributed by atoms with van der Waals surface area (Å²) in [5.74, 6) is 0.0121. The summed E-state index contributed by atoms with van der Waals surface area (Å²) >= 11 is 0. The van der Waals surface area contributed by atoms with Crippen LogP contribution in [0.4, 0.5) is 0 Å². The van der Waals surface area contributed by atoms with Gasteiger partial charge in [0.25, 0.3) is 0 Å². The highest BCUT2D eigenvalue weighted by Gasteiger charge is 2.32. The largest absolute Gasteiger partial charge is 0.352 e. The van der Waals surface area contributed by atoms with Crippen LogP contribution >= 0.6 is 12.4 Å². The molecule has 1 aliphatic heterocycles. The lowest BCUT2D eigenvalue weighted by Crippen LogP contribution is -2.56. The molecule has 1 heterocycles. The predicted molar refractivity (Wildman–Crippen MR) is 87.4 cm³/mol. The minimum atomic E-state index is -0.343. The van der Waals surface area contributed by atoms with Crippen molar-refractivity contribution in [2.24, 2.45) is 5.73 Å². The molecule has 0 spiro atoms. The van der Waals surface area contributed by atoms with E-state index >= 15 is 0 Å². The molecule has 1 saturated heterocycles. The molecule has 5 nitrogen and oxygen atoms in total. The fraction of sp³-hybridized carbons (Fsp3) is 0.867. The van der Waals surface area contributed by atoms with Crippen molar-refractivity contribution in [3.63, 3.8) is 0 Å². The van der Waals surface area contributed by atoms with Crippen LogP contribution in [0.15, 0.2) is 0 Å². The molecule has 1 fully saturated rings. The van der Waals surface area contributed by atoms with Gasteiger partial charge in [-0.3, -0.25) is 9.59 Å². The maximum Gasteiger partial charge on any atom is 0.242 e. The monoisotopic (exact) mass is 319 g/mol. The second-order valence-electron chi connectivity index (χ2n) is 5.74. The first-order valence-electron chi connectivity index (χ1n) is 7.83. The molecule has 0 bridgehead atoms. The number of carbonyl (C=O) groups is 2. The van der Waals surface area contributed by atoms with Crippen molar-refractivity contribution in [1.29, 1.82) is 0 Å². The third-order valence-electron chi connectivity index (χ3n) is 4.45. The Kier molecular flexibility index (Phi) is 8.90. The zero-order valence-corrected chi connectivity index (χ0v) is 14.3. The number of nitrogens with two attached hydrogens (primary N) is 1. The Morgan fingerprint density at radius 2 is 1.86 bits per heavy atom. The van der Waals surface area contributed by atoms with Crippen molar-refractivity contribution < 1.29 is 9.59 Å². The molecule has 0 aromatic heterocycles. The van der Waals surface area contributed by atoms with Crippen molar-refractivity contribution in [1.82, 2.24) is 10.2 Å². The molecular formula is C15H30ClN3O2. The van der Waals surface area contributed by atoms with Gasteiger partial charge in [0, 0.05) is 25.0 Å². The first-order valence-corrected chi connectivity index (χ1v) is 7.83. The zero-order chi connectivity index (χ0) is 15.2. The lowest BCUT2D eigenvalue weighted by atomic mass is 9.93. The van der Waals surface area contributed by atoms with Crippen LogP contribution in [0, 0.1) is 0 Å². The van der Waals surface area contributed by atoms with E-state index in [0.717, 1.165) is 32.1 Å². The first-order chi connectivity index (χ1) is 9.47. The maximum absolute atomic E-state index is 12.3. The zero-order valence-electron chi connectivity index (χ0n) is 13.5. The van der Waals surface area contributed by atoms with Crippen molar-refractivity contribution in [2.45, 2.75) is 70.9 Å². The molecule has 1 aliphatic rings. The van der Waals surface area contributed by atoms with Gasteiger partial charge in [0.1, 0.15) is 6.04 Å². The van der Waals surface area contributed by atoms with Crippen molar-refractivity contribution in [2.75, 3.05) is 13.1 Å². The van der Waals surface area contributed by atoms with E-state index in [1.807, 2.05) is 20.8 Å². The lowest BCUT2D eigenvalue weighted by Gasteiger charge is -2.35. The van der Waals surface area contributed by atoms with Crippen LogP contribution in [0.3, 0.4) is 0 Å². The number of likely N-dealkylation sites (tertiary alicyclic amines) is 1. The summed E-state index contributed by atoms with van der Waals surface area (Å²) in [6.45, 7) is 7.07. The van der Waals surface area contributed by atoms with Crippen LogP contribution < -0.4 is 11.1 Å². The van der Waals surface area contributed by atoms with E-state index in [-0.39, 0.29) is 35.8 Å². The highest BCUT2D eigenvalue weighted by atomic mass is 35.5. The molecule has 0 aromatic rings. The number of hydrogen-bond donors (Lipinski definition) is 2. The Hall–Kier alpha value is -0.810. The first kappa shape index (κ1) is 20.2. The SMILES string of the molecule is CCC(=O)N1CCCCC1C(=O)NCC(N)(CC)CC.Cl. The minimum Gasteiger partial charge on any atom is -0.352 e. The van der Waals surface area contributed by atoms with Gasteiger partial charge in [-0.25, -0.2) is 0 Å². The summed E-state index contributed by atoms with van der Waals surface area (Å²) < 4.78 is 0. The molecule has 124 valence electrons. The van der Waals surface area contributed by atoms with Gasteiger partial charge in [-0.2, -0.15) is 0 Å². The van der Waals surface area contributed by atoms with Crippen LogP contribution in [0.5, 0.6) is 0 Å². The quantitative estimate of drug-likeness (QED) is 0.784. The molecule has 3 N–H and O–H groups in total. The third-order valence-corrected chi connectivity index (χ3v) is 4.45. The summed E-state index contributed by atoms with van der Waals surface area (Å²) in [4.78, 5) is 26.0. The fourth-order valence-corrected chi connectivity index (χ4v) is 2.59. The van der Waals surface area contributed by atoms with Gasteiger partial charge >= 0.3 is 0 Å². The average molecular weight is 320 g/mol. The highest BCUT2D eigenvalue weighted by Crippen LogP contribution is 2.18. The maximum atomic E-state index is 12.3. The van der Waals surface area contributed by atoms with Crippen LogP contribution in [0.25, 0.3) is 0 Å². The van der Waals surface area contributed by atoms with Gasteiger partial charge in [0.05, 0.1) is 0 Å². The standard InChI is InChI=1S/C15H29N3O2.ClH/c1-4-13(19)18-10-8-7-9-12(18)14(20)17-11-15(16,5-2)6-3;/h12H,4-11,16H2,1-3H3,(H,17,20);1H. The van der Waals surface area contributed by atoms with Crippen molar-refractivity contribution >= 4 is 24.2 Å². The summed E-state index contributed by atoms with van der Waals surface area (Å²) in [6, 6.07) is -0.311.